The molecule has 1 aromatic rings. The Bertz CT molecular complexity index is 600. The van der Waals surface area contributed by atoms with Crippen molar-refractivity contribution >= 4 is 17.5 Å². The average molecular weight is 301 g/mol. The number of hydrogen-bond acceptors (Lipinski definition) is 3. The number of hydrogen-bond donors (Lipinski definition) is 2. The molecule has 0 spiro atoms. The third kappa shape index (κ3) is 2.86. The third-order valence-corrected chi connectivity index (χ3v) is 4.51. The minimum Gasteiger partial charge on any atom is -0.326 e. The zero-order valence-corrected chi connectivity index (χ0v) is 13.2. The summed E-state index contributed by atoms with van der Waals surface area (Å²) in [5, 5.41) is 4.95. The van der Waals surface area contributed by atoms with Gasteiger partial charge in [0.2, 0.25) is 11.8 Å². The Labute approximate surface area is 131 Å². The van der Waals surface area contributed by atoms with E-state index >= 15 is 0 Å². The summed E-state index contributed by atoms with van der Waals surface area (Å²) >= 11 is 0. The summed E-state index contributed by atoms with van der Waals surface area (Å²) in [6.07, 6.45) is 3.67. The monoisotopic (exact) mass is 301 g/mol. The van der Waals surface area contributed by atoms with Crippen LogP contribution in [0.15, 0.2) is 18.2 Å². The SMILES string of the molecule is CCCCN1NC(=O)CC2Cc3cc(NC(C)=O)ccc3C21. The van der Waals surface area contributed by atoms with Gasteiger partial charge in [-0.2, -0.15) is 0 Å². The Kier molecular flexibility index (Phi) is 4.16. The molecular formula is C17H23N3O2. The van der Waals surface area contributed by atoms with Crippen molar-refractivity contribution in [2.75, 3.05) is 11.9 Å². The van der Waals surface area contributed by atoms with Crippen LogP contribution in [0.4, 0.5) is 5.69 Å². The second-order valence-electron chi connectivity index (χ2n) is 6.29. The first kappa shape index (κ1) is 15.0. The van der Waals surface area contributed by atoms with Gasteiger partial charge in [-0.05, 0) is 42.0 Å². The molecule has 0 aromatic heterocycles. The molecule has 0 bridgehead atoms. The number of hydrazine groups is 1. The van der Waals surface area contributed by atoms with E-state index in [4.69, 9.17) is 0 Å². The molecule has 5 heteroatoms. The van der Waals surface area contributed by atoms with Crippen LogP contribution in [0.2, 0.25) is 0 Å². The lowest BCUT2D eigenvalue weighted by molar-refractivity contribution is -0.134. The van der Waals surface area contributed by atoms with Crippen LogP contribution >= 0.6 is 0 Å². The van der Waals surface area contributed by atoms with Crippen LogP contribution in [0, 0.1) is 5.92 Å². The molecule has 22 heavy (non-hydrogen) atoms. The first-order chi connectivity index (χ1) is 10.6. The van der Waals surface area contributed by atoms with Crippen LogP contribution in [-0.4, -0.2) is 23.4 Å². The van der Waals surface area contributed by atoms with Gasteiger partial charge in [-0.25, -0.2) is 5.01 Å². The third-order valence-electron chi connectivity index (χ3n) is 4.51. The number of amides is 2. The van der Waals surface area contributed by atoms with Crippen LogP contribution in [0.25, 0.3) is 0 Å². The molecule has 1 aromatic carbocycles. The highest BCUT2D eigenvalue weighted by atomic mass is 16.2. The van der Waals surface area contributed by atoms with Crippen molar-refractivity contribution in [3.05, 3.63) is 29.3 Å². The summed E-state index contributed by atoms with van der Waals surface area (Å²) in [6.45, 7) is 4.56. The Balaban J connectivity index is 1.86. The van der Waals surface area contributed by atoms with Gasteiger partial charge in [0, 0.05) is 25.6 Å². The molecule has 2 N–H and O–H groups in total. The minimum atomic E-state index is -0.0585. The molecule has 2 amide bonds. The van der Waals surface area contributed by atoms with E-state index in [1.807, 2.05) is 6.07 Å². The maximum absolute atomic E-state index is 11.9. The number of nitrogens with one attached hydrogen (secondary N) is 2. The number of anilines is 1. The van der Waals surface area contributed by atoms with E-state index in [-0.39, 0.29) is 17.9 Å². The number of benzene rings is 1. The van der Waals surface area contributed by atoms with Gasteiger partial charge in [-0.3, -0.25) is 15.0 Å². The average Bonchev–Trinajstić information content (AvgIpc) is 2.81. The van der Waals surface area contributed by atoms with Gasteiger partial charge in [-0.1, -0.05) is 19.4 Å². The van der Waals surface area contributed by atoms with E-state index in [0.29, 0.717) is 12.3 Å². The Hall–Kier alpha value is -1.88. The fourth-order valence-corrected chi connectivity index (χ4v) is 3.64. The number of nitrogens with zero attached hydrogens (tertiary/aromatic N) is 1. The first-order valence-electron chi connectivity index (χ1n) is 8.05. The van der Waals surface area contributed by atoms with Crippen molar-refractivity contribution in [1.29, 1.82) is 0 Å². The number of carbonyl (C=O) groups excluding carboxylic acids is 2. The van der Waals surface area contributed by atoms with Gasteiger partial charge in [0.05, 0.1) is 6.04 Å². The molecule has 1 aliphatic heterocycles. The molecule has 2 unspecified atom stereocenters. The predicted octanol–water partition coefficient (Wildman–Crippen LogP) is 2.40. The molecule has 1 saturated heterocycles. The highest BCUT2D eigenvalue weighted by molar-refractivity contribution is 5.88. The van der Waals surface area contributed by atoms with Crippen molar-refractivity contribution in [2.24, 2.45) is 5.92 Å². The van der Waals surface area contributed by atoms with Crippen molar-refractivity contribution in [3.63, 3.8) is 0 Å². The summed E-state index contributed by atoms with van der Waals surface area (Å²) in [5.74, 6) is 0.400. The van der Waals surface area contributed by atoms with Crippen molar-refractivity contribution in [1.82, 2.24) is 10.4 Å². The van der Waals surface area contributed by atoms with E-state index in [0.717, 1.165) is 31.5 Å². The molecular weight excluding hydrogens is 278 g/mol. The second kappa shape index (κ2) is 6.08. The maximum atomic E-state index is 11.9. The second-order valence-corrected chi connectivity index (χ2v) is 6.29. The van der Waals surface area contributed by atoms with Crippen LogP contribution in [0.3, 0.4) is 0 Å². The minimum absolute atomic E-state index is 0.0585. The fraction of sp³-hybridized carbons (Fsp3) is 0.529. The number of rotatable bonds is 4. The van der Waals surface area contributed by atoms with Gasteiger partial charge in [0.15, 0.2) is 0 Å². The molecule has 118 valence electrons. The molecule has 2 atom stereocenters. The van der Waals surface area contributed by atoms with Crippen LogP contribution in [0.5, 0.6) is 0 Å². The smallest absolute Gasteiger partial charge is 0.234 e. The van der Waals surface area contributed by atoms with Crippen LogP contribution in [-0.2, 0) is 16.0 Å². The number of unbranched alkanes of at least 4 members (excludes halogenated alkanes) is 1. The van der Waals surface area contributed by atoms with Crippen molar-refractivity contribution in [2.45, 2.75) is 45.6 Å². The van der Waals surface area contributed by atoms with E-state index < -0.39 is 0 Å². The lowest BCUT2D eigenvalue weighted by atomic mass is 9.94. The largest absolute Gasteiger partial charge is 0.326 e. The molecule has 0 saturated carbocycles. The fourth-order valence-electron chi connectivity index (χ4n) is 3.64. The van der Waals surface area contributed by atoms with E-state index in [1.165, 1.54) is 18.1 Å². The van der Waals surface area contributed by atoms with Crippen molar-refractivity contribution < 1.29 is 9.59 Å². The normalized spacial score (nSPS) is 23.6. The topological polar surface area (TPSA) is 61.4 Å². The summed E-state index contributed by atoms with van der Waals surface area (Å²) in [4.78, 5) is 23.1. The van der Waals surface area contributed by atoms with Gasteiger partial charge in [0.1, 0.15) is 0 Å². The Morgan fingerprint density at radius 1 is 1.41 bits per heavy atom. The zero-order chi connectivity index (χ0) is 15.7. The molecule has 2 aliphatic rings. The Morgan fingerprint density at radius 3 is 2.95 bits per heavy atom. The Morgan fingerprint density at radius 2 is 2.23 bits per heavy atom. The molecule has 5 nitrogen and oxygen atoms in total. The van der Waals surface area contributed by atoms with Gasteiger partial charge < -0.3 is 5.32 Å². The summed E-state index contributed by atoms with van der Waals surface area (Å²) in [7, 11) is 0. The van der Waals surface area contributed by atoms with E-state index in [2.05, 4.69) is 34.8 Å². The summed E-state index contributed by atoms with van der Waals surface area (Å²) < 4.78 is 0. The van der Waals surface area contributed by atoms with Crippen LogP contribution in [0.1, 0.15) is 50.3 Å². The van der Waals surface area contributed by atoms with Gasteiger partial charge in [0.25, 0.3) is 0 Å². The van der Waals surface area contributed by atoms with Crippen molar-refractivity contribution in [3.8, 4) is 0 Å². The van der Waals surface area contributed by atoms with Gasteiger partial charge >= 0.3 is 0 Å². The predicted molar refractivity (Wildman–Crippen MR) is 85.1 cm³/mol. The lowest BCUT2D eigenvalue weighted by Gasteiger charge is -2.38. The standard InChI is InChI=1S/C17H23N3O2/c1-3-4-7-20-17-13(10-16(22)19-20)8-12-9-14(18-11(2)21)5-6-15(12)17/h5-6,9,13,17H,3-4,7-8,10H2,1-2H3,(H,18,21)(H,19,22). The maximum Gasteiger partial charge on any atom is 0.234 e. The van der Waals surface area contributed by atoms with E-state index in [9.17, 15) is 9.59 Å². The highest BCUT2D eigenvalue weighted by Gasteiger charge is 2.41. The molecule has 3 rings (SSSR count). The van der Waals surface area contributed by atoms with Crippen LogP contribution < -0.4 is 10.7 Å². The molecule has 1 fully saturated rings. The summed E-state index contributed by atoms with van der Waals surface area (Å²) in [5.41, 5.74) is 6.41. The first-order valence-corrected chi connectivity index (χ1v) is 8.05. The number of fused-ring (bicyclic) bond motifs is 3. The highest BCUT2D eigenvalue weighted by Crippen LogP contribution is 2.44. The quantitative estimate of drug-likeness (QED) is 0.897. The number of carbonyl (C=O) groups is 2. The van der Waals surface area contributed by atoms with Gasteiger partial charge in [-0.15, -0.1) is 0 Å². The summed E-state index contributed by atoms with van der Waals surface area (Å²) in [6, 6.07) is 6.38. The molecule has 1 heterocycles. The molecule has 0 radical (unpaired) electrons. The van der Waals surface area contributed by atoms with E-state index in [1.54, 1.807) is 0 Å². The zero-order valence-electron chi connectivity index (χ0n) is 13.2. The lowest BCUT2D eigenvalue weighted by Crippen LogP contribution is -2.51. The molecule has 1 aliphatic carbocycles.